The predicted octanol–water partition coefficient (Wildman–Crippen LogP) is 3.98. The van der Waals surface area contributed by atoms with Crippen LogP contribution < -0.4 is 14.8 Å². The van der Waals surface area contributed by atoms with Crippen molar-refractivity contribution >= 4 is 5.91 Å². The third-order valence-electron chi connectivity index (χ3n) is 6.30. The summed E-state index contributed by atoms with van der Waals surface area (Å²) in [4.78, 5) is 14.6. The van der Waals surface area contributed by atoms with Crippen LogP contribution in [0.25, 0.3) is 0 Å². The number of aryl methyl sites for hydroxylation is 2. The summed E-state index contributed by atoms with van der Waals surface area (Å²) in [6.07, 6.45) is 0. The SMILES string of the molecule is CNC(=O)c1cccc(CN(Cc2c(C(C)C)nn(C)c2OC)Cc2c(C(C)C)nn(C)c2OC)c1. The number of benzene rings is 1. The number of rotatable bonds is 11. The van der Waals surface area contributed by atoms with Crippen molar-refractivity contribution in [3.8, 4) is 11.8 Å². The fourth-order valence-corrected chi connectivity index (χ4v) is 4.71. The molecule has 9 nitrogen and oxygen atoms in total. The summed E-state index contributed by atoms with van der Waals surface area (Å²) in [5, 5.41) is 12.2. The van der Waals surface area contributed by atoms with Gasteiger partial charge in [0, 0.05) is 46.3 Å². The zero-order chi connectivity index (χ0) is 26.6. The first-order valence-corrected chi connectivity index (χ1v) is 12.3. The Balaban J connectivity index is 2.08. The van der Waals surface area contributed by atoms with E-state index in [1.165, 1.54) is 0 Å². The van der Waals surface area contributed by atoms with E-state index in [9.17, 15) is 4.79 Å². The van der Waals surface area contributed by atoms with E-state index in [1.54, 1.807) is 30.6 Å². The van der Waals surface area contributed by atoms with E-state index in [0.717, 1.165) is 39.8 Å². The first-order valence-electron chi connectivity index (χ1n) is 12.3. The Bertz CT molecular complexity index is 1130. The van der Waals surface area contributed by atoms with Gasteiger partial charge < -0.3 is 14.8 Å². The molecule has 2 aromatic heterocycles. The molecule has 0 aliphatic heterocycles. The summed E-state index contributed by atoms with van der Waals surface area (Å²) in [6, 6.07) is 7.74. The minimum Gasteiger partial charge on any atom is -0.481 e. The second-order valence-corrected chi connectivity index (χ2v) is 9.73. The molecule has 1 amide bonds. The monoisotopic (exact) mass is 496 g/mol. The van der Waals surface area contributed by atoms with Gasteiger partial charge in [-0.25, -0.2) is 9.36 Å². The number of ether oxygens (including phenoxy) is 2. The first kappa shape index (κ1) is 27.3. The lowest BCUT2D eigenvalue weighted by Gasteiger charge is -2.24. The van der Waals surface area contributed by atoms with E-state index in [2.05, 4.69) is 37.9 Å². The molecule has 1 N–H and O–H groups in total. The van der Waals surface area contributed by atoms with E-state index >= 15 is 0 Å². The number of nitrogens with one attached hydrogen (secondary N) is 1. The molecule has 0 radical (unpaired) electrons. The fourth-order valence-electron chi connectivity index (χ4n) is 4.71. The minimum absolute atomic E-state index is 0.101. The van der Waals surface area contributed by atoms with Gasteiger partial charge in [0.15, 0.2) is 0 Å². The maximum Gasteiger partial charge on any atom is 0.251 e. The molecule has 0 atom stereocenters. The molecule has 3 aromatic rings. The molecule has 0 unspecified atom stereocenters. The summed E-state index contributed by atoms with van der Waals surface area (Å²) >= 11 is 0. The predicted molar refractivity (Wildman–Crippen MR) is 140 cm³/mol. The molecular formula is C27H40N6O3. The first-order chi connectivity index (χ1) is 17.1. The molecule has 0 saturated carbocycles. The average Bonchev–Trinajstić information content (AvgIpc) is 3.33. The molecule has 0 aliphatic rings. The molecule has 0 spiro atoms. The number of carbonyl (C=O) groups is 1. The van der Waals surface area contributed by atoms with Crippen LogP contribution >= 0.6 is 0 Å². The van der Waals surface area contributed by atoms with Crippen molar-refractivity contribution in [2.75, 3.05) is 21.3 Å². The molecular weight excluding hydrogens is 456 g/mol. The maximum atomic E-state index is 12.3. The van der Waals surface area contributed by atoms with Gasteiger partial charge in [0.2, 0.25) is 11.8 Å². The second-order valence-electron chi connectivity index (χ2n) is 9.73. The number of hydrogen-bond donors (Lipinski definition) is 1. The molecule has 0 saturated heterocycles. The van der Waals surface area contributed by atoms with Crippen LogP contribution in [-0.2, 0) is 33.7 Å². The van der Waals surface area contributed by atoms with Gasteiger partial charge in [0.25, 0.3) is 5.91 Å². The second kappa shape index (κ2) is 11.6. The summed E-state index contributed by atoms with van der Waals surface area (Å²) in [5.74, 6) is 1.89. The number of carbonyl (C=O) groups excluding carboxylic acids is 1. The largest absolute Gasteiger partial charge is 0.481 e. The molecule has 2 heterocycles. The van der Waals surface area contributed by atoms with Crippen molar-refractivity contribution in [3.05, 3.63) is 57.9 Å². The topological polar surface area (TPSA) is 86.4 Å². The van der Waals surface area contributed by atoms with Crippen molar-refractivity contribution in [1.82, 2.24) is 29.8 Å². The van der Waals surface area contributed by atoms with Crippen LogP contribution in [0.5, 0.6) is 11.8 Å². The fraction of sp³-hybridized carbons (Fsp3) is 0.519. The van der Waals surface area contributed by atoms with Gasteiger partial charge in [-0.05, 0) is 29.5 Å². The Labute approximate surface area is 214 Å². The van der Waals surface area contributed by atoms with Crippen LogP contribution in [0.15, 0.2) is 24.3 Å². The van der Waals surface area contributed by atoms with Crippen LogP contribution in [-0.4, -0.2) is 51.6 Å². The Kier molecular flexibility index (Phi) is 8.79. The number of aromatic nitrogens is 4. The Morgan fingerprint density at radius 2 is 1.42 bits per heavy atom. The minimum atomic E-state index is -0.101. The number of methoxy groups -OCH3 is 2. The summed E-state index contributed by atoms with van der Waals surface area (Å²) in [6.45, 7) is 10.4. The van der Waals surface area contributed by atoms with Crippen molar-refractivity contribution in [3.63, 3.8) is 0 Å². The van der Waals surface area contributed by atoms with Crippen LogP contribution in [0, 0.1) is 0 Å². The molecule has 3 rings (SSSR count). The van der Waals surface area contributed by atoms with Crippen LogP contribution in [0.4, 0.5) is 0 Å². The van der Waals surface area contributed by atoms with E-state index in [-0.39, 0.29) is 17.7 Å². The van der Waals surface area contributed by atoms with E-state index in [0.29, 0.717) is 25.2 Å². The van der Waals surface area contributed by atoms with Gasteiger partial charge >= 0.3 is 0 Å². The van der Waals surface area contributed by atoms with E-state index in [4.69, 9.17) is 19.7 Å². The van der Waals surface area contributed by atoms with E-state index < -0.39 is 0 Å². The highest BCUT2D eigenvalue weighted by Crippen LogP contribution is 2.32. The highest BCUT2D eigenvalue weighted by Gasteiger charge is 2.26. The van der Waals surface area contributed by atoms with Gasteiger partial charge in [-0.1, -0.05) is 39.8 Å². The highest BCUT2D eigenvalue weighted by molar-refractivity contribution is 5.94. The lowest BCUT2D eigenvalue weighted by Crippen LogP contribution is -2.25. The molecule has 36 heavy (non-hydrogen) atoms. The standard InChI is InChI=1S/C27H40N6O3/c1-17(2)23-21(26(35-8)31(6)29-23)15-33(14-19-11-10-12-20(13-19)25(34)28-5)16-22-24(18(3)4)30-32(7)27(22)36-9/h10-13,17-18H,14-16H2,1-9H3,(H,28,34). The van der Waals surface area contributed by atoms with Crippen LogP contribution in [0.2, 0.25) is 0 Å². The molecule has 1 aromatic carbocycles. The Morgan fingerprint density at radius 3 is 1.83 bits per heavy atom. The zero-order valence-electron chi connectivity index (χ0n) is 23.0. The van der Waals surface area contributed by atoms with Crippen LogP contribution in [0.3, 0.4) is 0 Å². The zero-order valence-corrected chi connectivity index (χ0v) is 23.0. The third-order valence-corrected chi connectivity index (χ3v) is 6.30. The van der Waals surface area contributed by atoms with Gasteiger partial charge in [-0.2, -0.15) is 10.2 Å². The van der Waals surface area contributed by atoms with Gasteiger partial charge in [0.1, 0.15) is 0 Å². The maximum absolute atomic E-state index is 12.3. The van der Waals surface area contributed by atoms with Gasteiger partial charge in [-0.3, -0.25) is 9.69 Å². The molecule has 0 bridgehead atoms. The van der Waals surface area contributed by atoms with E-state index in [1.807, 2.05) is 38.4 Å². The third kappa shape index (κ3) is 5.73. The highest BCUT2D eigenvalue weighted by atomic mass is 16.5. The number of hydrogen-bond acceptors (Lipinski definition) is 6. The van der Waals surface area contributed by atoms with Crippen molar-refractivity contribution in [2.24, 2.45) is 14.1 Å². The lowest BCUT2D eigenvalue weighted by molar-refractivity contribution is 0.0963. The summed E-state index contributed by atoms with van der Waals surface area (Å²) in [7, 11) is 8.83. The Hall–Kier alpha value is -3.33. The van der Waals surface area contributed by atoms with Gasteiger partial charge in [-0.15, -0.1) is 0 Å². The average molecular weight is 497 g/mol. The summed E-state index contributed by atoms with van der Waals surface area (Å²) < 4.78 is 15.1. The normalized spacial score (nSPS) is 11.6. The van der Waals surface area contributed by atoms with Crippen molar-refractivity contribution in [1.29, 1.82) is 0 Å². The molecule has 0 fully saturated rings. The lowest BCUT2D eigenvalue weighted by atomic mass is 10.0. The number of nitrogens with zero attached hydrogens (tertiary/aromatic N) is 5. The summed E-state index contributed by atoms with van der Waals surface area (Å²) in [5.41, 5.74) is 5.83. The van der Waals surface area contributed by atoms with Crippen molar-refractivity contribution in [2.45, 2.75) is 59.2 Å². The molecule has 0 aliphatic carbocycles. The molecule has 9 heteroatoms. The van der Waals surface area contributed by atoms with Crippen LogP contribution in [0.1, 0.15) is 78.0 Å². The smallest absolute Gasteiger partial charge is 0.251 e. The molecule has 196 valence electrons. The Morgan fingerprint density at radius 1 is 0.917 bits per heavy atom. The quantitative estimate of drug-likeness (QED) is 0.432. The number of amides is 1. The van der Waals surface area contributed by atoms with Crippen molar-refractivity contribution < 1.29 is 14.3 Å². The van der Waals surface area contributed by atoms with Gasteiger partial charge in [0.05, 0.1) is 36.7 Å².